The third kappa shape index (κ3) is 3.52. The van der Waals surface area contributed by atoms with Crippen LogP contribution in [-0.2, 0) is 13.3 Å². The van der Waals surface area contributed by atoms with Gasteiger partial charge in [-0.05, 0) is 6.92 Å². The molecule has 0 radical (unpaired) electrons. The molecule has 1 heterocycles. The molecule has 8 heteroatoms. The van der Waals surface area contributed by atoms with E-state index in [0.29, 0.717) is 5.82 Å². The number of nitrogens with zero attached hydrogens (tertiary/aromatic N) is 3. The van der Waals surface area contributed by atoms with Gasteiger partial charge in [-0.25, -0.2) is 19.7 Å². The summed E-state index contributed by atoms with van der Waals surface area (Å²) in [6, 6.07) is 0. The molecular weight excluding hydrogens is 288 g/mol. The van der Waals surface area contributed by atoms with Crippen LogP contribution in [0.4, 0.5) is 0 Å². The molecule has 0 aliphatic carbocycles. The third-order valence-corrected chi connectivity index (χ3v) is 2.21. The summed E-state index contributed by atoms with van der Waals surface area (Å²) in [6.07, 6.45) is 0. The van der Waals surface area contributed by atoms with E-state index < -0.39 is 9.76 Å². The maximum atomic E-state index is 11.3. The van der Waals surface area contributed by atoms with Crippen molar-refractivity contribution in [3.8, 4) is 0 Å². The van der Waals surface area contributed by atoms with E-state index in [1.165, 1.54) is 7.11 Å². The minimum Gasteiger partial charge on any atom is -0.465 e. The summed E-state index contributed by atoms with van der Waals surface area (Å²) in [5.41, 5.74) is -0.0338. The van der Waals surface area contributed by atoms with Crippen LogP contribution in [0.1, 0.15) is 17.5 Å². The molecule has 0 aromatic carbocycles. The van der Waals surface area contributed by atoms with Gasteiger partial charge in [-0.3, -0.25) is 0 Å². The average molecular weight is 297 g/mol. The van der Waals surface area contributed by atoms with Crippen molar-refractivity contribution < 1.29 is 9.53 Å². The highest BCUT2D eigenvalue weighted by Gasteiger charge is 2.28. The summed E-state index contributed by atoms with van der Waals surface area (Å²) in [5.74, 6) is -0.409. The lowest BCUT2D eigenvalue weighted by Crippen LogP contribution is -2.14. The van der Waals surface area contributed by atoms with E-state index in [0.717, 1.165) is 0 Å². The van der Waals surface area contributed by atoms with Crippen LogP contribution in [0.2, 0.25) is 0 Å². The number of aryl methyl sites for hydroxylation is 1. The number of ether oxygens (including phenoxy) is 1. The van der Waals surface area contributed by atoms with E-state index in [4.69, 9.17) is 34.8 Å². The summed E-state index contributed by atoms with van der Waals surface area (Å²) in [6.45, 7) is 5.08. The van der Waals surface area contributed by atoms with Gasteiger partial charge in [0.2, 0.25) is 3.79 Å². The minimum absolute atomic E-state index is 0.0191. The van der Waals surface area contributed by atoms with Crippen molar-refractivity contribution in [2.24, 2.45) is 0 Å². The number of esters is 1. The standard InChI is InChI=1S/C9H8Cl3N3O2/c1-4(7(16)17-3)6-13-5(2)14-8(15-6)9(10,11)12/h1H2,2-3H3. The first-order valence-electron chi connectivity index (χ1n) is 4.33. The molecule has 0 fully saturated rings. The second-order valence-electron chi connectivity index (χ2n) is 3.00. The fraction of sp³-hybridized carbons (Fsp3) is 0.333. The quantitative estimate of drug-likeness (QED) is 0.475. The first-order chi connectivity index (χ1) is 7.75. The van der Waals surface area contributed by atoms with Gasteiger partial charge in [-0.1, -0.05) is 41.4 Å². The van der Waals surface area contributed by atoms with Gasteiger partial charge in [0.15, 0.2) is 11.6 Å². The van der Waals surface area contributed by atoms with Crippen LogP contribution >= 0.6 is 34.8 Å². The third-order valence-electron chi connectivity index (χ3n) is 1.70. The van der Waals surface area contributed by atoms with Crippen LogP contribution in [0.25, 0.3) is 5.57 Å². The van der Waals surface area contributed by atoms with Crippen molar-refractivity contribution in [3.05, 3.63) is 24.1 Å². The second kappa shape index (κ2) is 5.16. The van der Waals surface area contributed by atoms with Crippen molar-refractivity contribution in [1.29, 1.82) is 0 Å². The van der Waals surface area contributed by atoms with Gasteiger partial charge in [-0.15, -0.1) is 0 Å². The highest BCUT2D eigenvalue weighted by Crippen LogP contribution is 2.35. The highest BCUT2D eigenvalue weighted by molar-refractivity contribution is 6.66. The van der Waals surface area contributed by atoms with Crippen LogP contribution in [-0.4, -0.2) is 28.0 Å². The number of methoxy groups -OCH3 is 1. The van der Waals surface area contributed by atoms with Crippen LogP contribution in [0.5, 0.6) is 0 Å². The lowest BCUT2D eigenvalue weighted by molar-refractivity contribution is -0.133. The molecule has 0 N–H and O–H groups in total. The van der Waals surface area contributed by atoms with Crippen molar-refractivity contribution in [3.63, 3.8) is 0 Å². The Morgan fingerprint density at radius 2 is 1.88 bits per heavy atom. The SMILES string of the molecule is C=C(C(=O)OC)c1nc(C)nc(C(Cl)(Cl)Cl)n1. The van der Waals surface area contributed by atoms with Crippen LogP contribution in [0.3, 0.4) is 0 Å². The van der Waals surface area contributed by atoms with E-state index in [2.05, 4.69) is 26.3 Å². The van der Waals surface area contributed by atoms with Gasteiger partial charge >= 0.3 is 5.97 Å². The van der Waals surface area contributed by atoms with E-state index in [9.17, 15) is 4.79 Å². The number of halogens is 3. The molecule has 92 valence electrons. The van der Waals surface area contributed by atoms with Gasteiger partial charge in [0.25, 0.3) is 0 Å². The molecule has 0 bridgehead atoms. The molecule has 0 spiro atoms. The van der Waals surface area contributed by atoms with Gasteiger partial charge in [-0.2, -0.15) is 0 Å². The largest absolute Gasteiger partial charge is 0.465 e. The zero-order valence-electron chi connectivity index (χ0n) is 9.00. The smallest absolute Gasteiger partial charge is 0.341 e. The summed E-state index contributed by atoms with van der Waals surface area (Å²) < 4.78 is 2.70. The van der Waals surface area contributed by atoms with Crippen molar-refractivity contribution in [1.82, 2.24) is 15.0 Å². The molecule has 0 unspecified atom stereocenters. The molecule has 0 amide bonds. The zero-order valence-corrected chi connectivity index (χ0v) is 11.3. The molecule has 0 saturated heterocycles. The predicted molar refractivity (Wildman–Crippen MR) is 64.9 cm³/mol. The molecular formula is C9H8Cl3N3O2. The highest BCUT2D eigenvalue weighted by atomic mass is 35.6. The number of aromatic nitrogens is 3. The summed E-state index contributed by atoms with van der Waals surface area (Å²) in [7, 11) is 1.22. The van der Waals surface area contributed by atoms with Crippen LogP contribution in [0.15, 0.2) is 6.58 Å². The van der Waals surface area contributed by atoms with Crippen LogP contribution in [0, 0.1) is 6.92 Å². The number of carbonyl (C=O) groups is 1. The summed E-state index contributed by atoms with van der Waals surface area (Å²) >= 11 is 17.0. The monoisotopic (exact) mass is 295 g/mol. The maximum absolute atomic E-state index is 11.3. The molecule has 0 saturated carbocycles. The van der Waals surface area contributed by atoms with E-state index in [1.807, 2.05) is 0 Å². The zero-order chi connectivity index (χ0) is 13.2. The lowest BCUT2D eigenvalue weighted by Gasteiger charge is -2.11. The minimum atomic E-state index is -1.79. The Kier molecular flexibility index (Phi) is 4.30. The predicted octanol–water partition coefficient (Wildman–Crippen LogP) is 2.19. The first kappa shape index (κ1) is 14.2. The number of rotatable bonds is 2. The van der Waals surface area contributed by atoms with E-state index in [1.54, 1.807) is 6.92 Å². The Balaban J connectivity index is 3.23. The van der Waals surface area contributed by atoms with Crippen molar-refractivity contribution in [2.45, 2.75) is 10.7 Å². The molecule has 5 nitrogen and oxygen atoms in total. The summed E-state index contributed by atoms with van der Waals surface area (Å²) in [5, 5.41) is 0. The molecule has 1 rings (SSSR count). The Morgan fingerprint density at radius 1 is 1.29 bits per heavy atom. The Hall–Kier alpha value is -0.910. The maximum Gasteiger partial charge on any atom is 0.341 e. The molecule has 1 aromatic rings. The molecule has 17 heavy (non-hydrogen) atoms. The van der Waals surface area contributed by atoms with Gasteiger partial charge < -0.3 is 4.74 Å². The van der Waals surface area contributed by atoms with E-state index in [-0.39, 0.29) is 17.2 Å². The Labute approximate surface area is 113 Å². The fourth-order valence-corrected chi connectivity index (χ4v) is 1.21. The van der Waals surface area contributed by atoms with Gasteiger partial charge in [0, 0.05) is 0 Å². The van der Waals surface area contributed by atoms with Crippen LogP contribution < -0.4 is 0 Å². The van der Waals surface area contributed by atoms with Gasteiger partial charge in [0.1, 0.15) is 5.82 Å². The number of alkyl halides is 3. The van der Waals surface area contributed by atoms with Crippen molar-refractivity contribution >= 4 is 46.3 Å². The molecule has 1 aromatic heterocycles. The van der Waals surface area contributed by atoms with E-state index >= 15 is 0 Å². The second-order valence-corrected chi connectivity index (χ2v) is 5.28. The first-order valence-corrected chi connectivity index (χ1v) is 5.46. The number of hydrogen-bond acceptors (Lipinski definition) is 5. The average Bonchev–Trinajstić information content (AvgIpc) is 2.25. The van der Waals surface area contributed by atoms with Gasteiger partial charge in [0.05, 0.1) is 12.7 Å². The Bertz CT molecular complexity index is 471. The molecule has 0 aliphatic heterocycles. The summed E-state index contributed by atoms with van der Waals surface area (Å²) in [4.78, 5) is 22.9. The van der Waals surface area contributed by atoms with Crippen molar-refractivity contribution in [2.75, 3.05) is 7.11 Å². The number of carbonyl (C=O) groups excluding carboxylic acids is 1. The number of hydrogen-bond donors (Lipinski definition) is 0. The topological polar surface area (TPSA) is 65.0 Å². The fourth-order valence-electron chi connectivity index (χ4n) is 0.958. The molecule has 0 atom stereocenters. The normalized spacial score (nSPS) is 11.1. The molecule has 0 aliphatic rings. The Morgan fingerprint density at radius 3 is 2.35 bits per heavy atom. The lowest BCUT2D eigenvalue weighted by atomic mass is 10.3.